The molecule has 118 valence electrons. The lowest BCUT2D eigenvalue weighted by Gasteiger charge is -2.33. The third-order valence-corrected chi connectivity index (χ3v) is 5.53. The van der Waals surface area contributed by atoms with Crippen molar-refractivity contribution >= 4 is 21.6 Å². The van der Waals surface area contributed by atoms with Crippen LogP contribution in [0.25, 0.3) is 0 Å². The van der Waals surface area contributed by atoms with Gasteiger partial charge in [-0.2, -0.15) is 0 Å². The highest BCUT2D eigenvalue weighted by Crippen LogP contribution is 2.16. The smallest absolute Gasteiger partial charge is 0.240 e. The molecule has 0 radical (unpaired) electrons. The molecule has 1 saturated heterocycles. The molecule has 7 heteroatoms. The number of aromatic nitrogens is 1. The molecule has 1 aliphatic heterocycles. The predicted molar refractivity (Wildman–Crippen MR) is 83.9 cm³/mol. The van der Waals surface area contributed by atoms with Crippen molar-refractivity contribution in [2.24, 2.45) is 0 Å². The lowest BCUT2D eigenvalue weighted by Crippen LogP contribution is -2.39. The molecule has 1 aromatic rings. The van der Waals surface area contributed by atoms with Crippen LogP contribution in [0.3, 0.4) is 0 Å². The number of hydrogen-bond acceptors (Lipinski definition) is 4. The highest BCUT2D eigenvalue weighted by atomic mass is 35.5. The zero-order valence-corrected chi connectivity index (χ0v) is 13.8. The van der Waals surface area contributed by atoms with Crippen molar-refractivity contribution in [1.82, 2.24) is 14.6 Å². The molecule has 1 aromatic heterocycles. The number of rotatable bonds is 6. The van der Waals surface area contributed by atoms with Gasteiger partial charge in [-0.25, -0.2) is 18.1 Å². The Morgan fingerprint density at radius 2 is 2.29 bits per heavy atom. The summed E-state index contributed by atoms with van der Waals surface area (Å²) in [6.45, 7) is 4.72. The number of nitrogens with one attached hydrogen (secondary N) is 1. The molecule has 1 fully saturated rings. The minimum Gasteiger partial charge on any atom is -0.301 e. The van der Waals surface area contributed by atoms with Crippen LogP contribution < -0.4 is 4.72 Å². The molecule has 0 spiro atoms. The Kier molecular flexibility index (Phi) is 5.98. The average molecular weight is 332 g/mol. The van der Waals surface area contributed by atoms with Gasteiger partial charge in [0, 0.05) is 18.8 Å². The largest absolute Gasteiger partial charge is 0.301 e. The lowest BCUT2D eigenvalue weighted by atomic mass is 10.0. The van der Waals surface area contributed by atoms with Gasteiger partial charge in [0.25, 0.3) is 0 Å². The highest BCUT2D eigenvalue weighted by Gasteiger charge is 2.18. The van der Waals surface area contributed by atoms with E-state index in [-0.39, 0.29) is 10.0 Å². The normalized spacial score (nSPS) is 20.6. The molecule has 1 N–H and O–H groups in total. The number of sulfonamides is 1. The number of nitrogens with zero attached hydrogens (tertiary/aromatic N) is 2. The van der Waals surface area contributed by atoms with Crippen molar-refractivity contribution in [1.29, 1.82) is 0 Å². The first-order valence-corrected chi connectivity index (χ1v) is 9.20. The molecule has 21 heavy (non-hydrogen) atoms. The Hall–Kier alpha value is -0.690. The Morgan fingerprint density at radius 1 is 1.48 bits per heavy atom. The van der Waals surface area contributed by atoms with E-state index in [2.05, 4.69) is 21.5 Å². The maximum atomic E-state index is 12.1. The molecule has 2 rings (SSSR count). The Labute approximate surface area is 131 Å². The SMILES string of the molecule is CC1CCCCN1CCCNS(=O)(=O)c1ccnc(Cl)c1. The number of pyridine rings is 1. The first-order chi connectivity index (χ1) is 9.99. The van der Waals surface area contributed by atoms with Gasteiger partial charge in [0.1, 0.15) is 5.15 Å². The molecule has 1 aliphatic rings. The first-order valence-electron chi connectivity index (χ1n) is 7.34. The van der Waals surface area contributed by atoms with Gasteiger partial charge in [0.05, 0.1) is 4.90 Å². The monoisotopic (exact) mass is 331 g/mol. The summed E-state index contributed by atoms with van der Waals surface area (Å²) in [5.74, 6) is 0. The van der Waals surface area contributed by atoms with Gasteiger partial charge in [0.15, 0.2) is 0 Å². The van der Waals surface area contributed by atoms with E-state index >= 15 is 0 Å². The molecule has 0 saturated carbocycles. The molecule has 1 unspecified atom stereocenters. The van der Waals surface area contributed by atoms with E-state index < -0.39 is 10.0 Å². The Balaban J connectivity index is 1.80. The van der Waals surface area contributed by atoms with Crippen LogP contribution in [0.4, 0.5) is 0 Å². The summed E-state index contributed by atoms with van der Waals surface area (Å²) in [7, 11) is -3.49. The van der Waals surface area contributed by atoms with E-state index in [0.717, 1.165) is 19.5 Å². The van der Waals surface area contributed by atoms with Crippen molar-refractivity contribution in [2.75, 3.05) is 19.6 Å². The molecule has 5 nitrogen and oxygen atoms in total. The molecule has 0 aliphatic carbocycles. The number of hydrogen-bond donors (Lipinski definition) is 1. The fraction of sp³-hybridized carbons (Fsp3) is 0.643. The van der Waals surface area contributed by atoms with Crippen LogP contribution in [-0.4, -0.2) is 44.0 Å². The second kappa shape index (κ2) is 7.54. The zero-order valence-electron chi connectivity index (χ0n) is 12.3. The topological polar surface area (TPSA) is 62.3 Å². The summed E-state index contributed by atoms with van der Waals surface area (Å²) < 4.78 is 26.8. The van der Waals surface area contributed by atoms with E-state index in [9.17, 15) is 8.42 Å². The fourth-order valence-electron chi connectivity index (χ4n) is 2.61. The predicted octanol–water partition coefficient (Wildman–Crippen LogP) is 2.28. The molecule has 1 atom stereocenters. The summed E-state index contributed by atoms with van der Waals surface area (Å²) in [5, 5.41) is 0.181. The van der Waals surface area contributed by atoms with Crippen molar-refractivity contribution < 1.29 is 8.42 Å². The second-order valence-electron chi connectivity index (χ2n) is 5.45. The fourth-order valence-corrected chi connectivity index (χ4v) is 3.94. The van der Waals surface area contributed by atoms with E-state index in [4.69, 9.17) is 11.6 Å². The van der Waals surface area contributed by atoms with Gasteiger partial charge >= 0.3 is 0 Å². The van der Waals surface area contributed by atoms with Crippen LogP contribution >= 0.6 is 11.6 Å². The summed E-state index contributed by atoms with van der Waals surface area (Å²) in [4.78, 5) is 6.38. The number of piperidine rings is 1. The minimum absolute atomic E-state index is 0.161. The van der Waals surface area contributed by atoms with Gasteiger partial charge < -0.3 is 4.90 Å². The van der Waals surface area contributed by atoms with Gasteiger partial charge in [-0.05, 0) is 51.4 Å². The van der Waals surface area contributed by atoms with Crippen LogP contribution in [0.1, 0.15) is 32.6 Å². The van der Waals surface area contributed by atoms with E-state index in [1.807, 2.05) is 0 Å². The molecule has 0 bridgehead atoms. The van der Waals surface area contributed by atoms with Crippen LogP contribution in [0.2, 0.25) is 5.15 Å². The van der Waals surface area contributed by atoms with Gasteiger partial charge in [-0.15, -0.1) is 0 Å². The lowest BCUT2D eigenvalue weighted by molar-refractivity contribution is 0.159. The maximum absolute atomic E-state index is 12.1. The van der Waals surface area contributed by atoms with Gasteiger partial charge in [-0.1, -0.05) is 18.0 Å². The average Bonchev–Trinajstić information content (AvgIpc) is 2.45. The van der Waals surface area contributed by atoms with Gasteiger partial charge in [0.2, 0.25) is 10.0 Å². The van der Waals surface area contributed by atoms with Crippen LogP contribution in [0, 0.1) is 0 Å². The molecule has 0 aromatic carbocycles. The third-order valence-electron chi connectivity index (χ3n) is 3.86. The Morgan fingerprint density at radius 3 is 3.00 bits per heavy atom. The summed E-state index contributed by atoms with van der Waals surface area (Å²) in [6.07, 6.45) is 5.98. The van der Waals surface area contributed by atoms with Crippen LogP contribution in [0.15, 0.2) is 23.2 Å². The van der Waals surface area contributed by atoms with Crippen molar-refractivity contribution in [3.8, 4) is 0 Å². The Bertz CT molecular complexity index is 565. The zero-order chi connectivity index (χ0) is 15.3. The maximum Gasteiger partial charge on any atom is 0.240 e. The highest BCUT2D eigenvalue weighted by molar-refractivity contribution is 7.89. The summed E-state index contributed by atoms with van der Waals surface area (Å²) >= 11 is 5.72. The third kappa shape index (κ3) is 4.92. The molecule has 2 heterocycles. The van der Waals surface area contributed by atoms with Crippen LogP contribution in [-0.2, 0) is 10.0 Å². The minimum atomic E-state index is -3.49. The first kappa shape index (κ1) is 16.7. The number of halogens is 1. The van der Waals surface area contributed by atoms with Crippen molar-refractivity contribution in [3.63, 3.8) is 0 Å². The molecular weight excluding hydrogens is 310 g/mol. The van der Waals surface area contributed by atoms with Crippen molar-refractivity contribution in [3.05, 3.63) is 23.5 Å². The van der Waals surface area contributed by atoms with Gasteiger partial charge in [-0.3, -0.25) is 0 Å². The second-order valence-corrected chi connectivity index (χ2v) is 7.60. The van der Waals surface area contributed by atoms with E-state index in [0.29, 0.717) is 12.6 Å². The number of likely N-dealkylation sites (tertiary alicyclic amines) is 1. The van der Waals surface area contributed by atoms with Crippen LogP contribution in [0.5, 0.6) is 0 Å². The summed E-state index contributed by atoms with van der Waals surface area (Å²) in [5.41, 5.74) is 0. The van der Waals surface area contributed by atoms with Crippen molar-refractivity contribution in [2.45, 2.75) is 43.5 Å². The quantitative estimate of drug-likeness (QED) is 0.641. The van der Waals surface area contributed by atoms with E-state index in [1.165, 1.54) is 37.6 Å². The molecule has 0 amide bonds. The molecular formula is C14H22ClN3O2S. The van der Waals surface area contributed by atoms with E-state index in [1.54, 1.807) is 0 Å². The standard InChI is InChI=1S/C14H22ClN3O2S/c1-12-5-2-3-9-18(12)10-4-7-17-21(19,20)13-6-8-16-14(15)11-13/h6,8,11-12,17H,2-5,7,9-10H2,1H3. The summed E-state index contributed by atoms with van der Waals surface area (Å²) in [6, 6.07) is 3.41.